The van der Waals surface area contributed by atoms with Crippen molar-refractivity contribution in [2.75, 3.05) is 26.0 Å². The Morgan fingerprint density at radius 2 is 2.08 bits per heavy atom. The molecule has 0 aliphatic rings. The SMILES string of the molecule is CCOc1cc(C(=O)N(C)C)ccc1NC(=O)c1csc(CN)n1.Cl. The number of anilines is 1. The quantitative estimate of drug-likeness (QED) is 0.796. The second kappa shape index (κ2) is 9.36. The first kappa shape index (κ1) is 20.9. The Morgan fingerprint density at radius 1 is 1.36 bits per heavy atom. The second-order valence-electron chi connectivity index (χ2n) is 5.13. The van der Waals surface area contributed by atoms with Gasteiger partial charge in [-0.05, 0) is 25.1 Å². The van der Waals surface area contributed by atoms with Gasteiger partial charge < -0.3 is 20.7 Å². The van der Waals surface area contributed by atoms with Crippen LogP contribution in [0, 0.1) is 0 Å². The van der Waals surface area contributed by atoms with Crippen LogP contribution in [0.5, 0.6) is 5.75 Å². The molecular weight excluding hydrogens is 364 g/mol. The van der Waals surface area contributed by atoms with Crippen LogP contribution in [0.1, 0.15) is 32.8 Å². The molecule has 0 saturated heterocycles. The van der Waals surface area contributed by atoms with Crippen LogP contribution in [0.2, 0.25) is 0 Å². The number of benzene rings is 1. The van der Waals surface area contributed by atoms with Crippen LogP contribution < -0.4 is 15.8 Å². The molecule has 0 radical (unpaired) electrons. The van der Waals surface area contributed by atoms with Gasteiger partial charge in [-0.15, -0.1) is 23.7 Å². The van der Waals surface area contributed by atoms with E-state index in [1.165, 1.54) is 16.2 Å². The van der Waals surface area contributed by atoms with E-state index in [2.05, 4.69) is 10.3 Å². The number of carbonyl (C=O) groups is 2. The number of aromatic nitrogens is 1. The van der Waals surface area contributed by atoms with Crippen molar-refractivity contribution in [3.05, 3.63) is 39.8 Å². The predicted molar refractivity (Wildman–Crippen MR) is 101 cm³/mol. The van der Waals surface area contributed by atoms with E-state index in [0.717, 1.165) is 0 Å². The van der Waals surface area contributed by atoms with Crippen molar-refractivity contribution in [2.24, 2.45) is 5.73 Å². The zero-order chi connectivity index (χ0) is 17.7. The molecule has 7 nitrogen and oxygen atoms in total. The van der Waals surface area contributed by atoms with Gasteiger partial charge in [0, 0.05) is 31.6 Å². The number of hydrogen-bond acceptors (Lipinski definition) is 6. The average Bonchev–Trinajstić information content (AvgIpc) is 3.05. The number of carbonyl (C=O) groups excluding carboxylic acids is 2. The second-order valence-corrected chi connectivity index (χ2v) is 6.07. The third-order valence-electron chi connectivity index (χ3n) is 3.14. The van der Waals surface area contributed by atoms with Crippen molar-refractivity contribution in [3.63, 3.8) is 0 Å². The summed E-state index contributed by atoms with van der Waals surface area (Å²) in [6.45, 7) is 2.54. The molecule has 0 unspecified atom stereocenters. The summed E-state index contributed by atoms with van der Waals surface area (Å²) in [7, 11) is 3.35. The van der Waals surface area contributed by atoms with Gasteiger partial charge in [-0.2, -0.15) is 0 Å². The Hall–Kier alpha value is -2.16. The number of hydrogen-bond donors (Lipinski definition) is 2. The van der Waals surface area contributed by atoms with Gasteiger partial charge >= 0.3 is 0 Å². The molecule has 25 heavy (non-hydrogen) atoms. The van der Waals surface area contributed by atoms with Crippen LogP contribution in [0.15, 0.2) is 23.6 Å². The highest BCUT2D eigenvalue weighted by Crippen LogP contribution is 2.27. The third-order valence-corrected chi connectivity index (χ3v) is 4.01. The summed E-state index contributed by atoms with van der Waals surface area (Å²) < 4.78 is 5.55. The van der Waals surface area contributed by atoms with Crippen LogP contribution in [0.3, 0.4) is 0 Å². The lowest BCUT2D eigenvalue weighted by molar-refractivity contribution is 0.0827. The summed E-state index contributed by atoms with van der Waals surface area (Å²) in [4.78, 5) is 30.0. The van der Waals surface area contributed by atoms with E-state index in [9.17, 15) is 9.59 Å². The lowest BCUT2D eigenvalue weighted by Crippen LogP contribution is -2.22. The molecule has 1 aromatic carbocycles. The summed E-state index contributed by atoms with van der Waals surface area (Å²) in [5.74, 6) is -0.0488. The van der Waals surface area contributed by atoms with Crippen molar-refractivity contribution in [1.82, 2.24) is 9.88 Å². The van der Waals surface area contributed by atoms with Crippen molar-refractivity contribution < 1.29 is 14.3 Å². The van der Waals surface area contributed by atoms with Gasteiger partial charge in [-0.25, -0.2) is 4.98 Å². The molecule has 1 aromatic heterocycles. The molecular formula is C16H21ClN4O3S. The van der Waals surface area contributed by atoms with Crippen molar-refractivity contribution in [1.29, 1.82) is 0 Å². The maximum absolute atomic E-state index is 12.3. The fourth-order valence-electron chi connectivity index (χ4n) is 1.99. The number of rotatable bonds is 6. The Morgan fingerprint density at radius 3 is 2.64 bits per heavy atom. The van der Waals surface area contributed by atoms with Crippen LogP contribution in [-0.4, -0.2) is 42.4 Å². The maximum atomic E-state index is 12.3. The Bertz CT molecular complexity index is 749. The number of thiazole rings is 1. The smallest absolute Gasteiger partial charge is 0.275 e. The van der Waals surface area contributed by atoms with Gasteiger partial charge in [0.15, 0.2) is 0 Å². The van der Waals surface area contributed by atoms with Gasteiger partial charge in [-0.3, -0.25) is 9.59 Å². The minimum atomic E-state index is -0.349. The van der Waals surface area contributed by atoms with Gasteiger partial charge in [0.25, 0.3) is 11.8 Å². The lowest BCUT2D eigenvalue weighted by Gasteiger charge is -2.15. The first-order chi connectivity index (χ1) is 11.5. The number of nitrogens with two attached hydrogens (primary N) is 1. The minimum Gasteiger partial charge on any atom is -0.492 e. The fourth-order valence-corrected chi connectivity index (χ4v) is 2.64. The van der Waals surface area contributed by atoms with E-state index >= 15 is 0 Å². The minimum absolute atomic E-state index is 0. The van der Waals surface area contributed by atoms with E-state index in [-0.39, 0.29) is 24.2 Å². The molecule has 0 atom stereocenters. The molecule has 9 heteroatoms. The molecule has 0 aliphatic heterocycles. The molecule has 3 N–H and O–H groups in total. The molecule has 0 bridgehead atoms. The van der Waals surface area contributed by atoms with Crippen molar-refractivity contribution in [2.45, 2.75) is 13.5 Å². The molecule has 0 saturated carbocycles. The van der Waals surface area contributed by atoms with Gasteiger partial charge in [-0.1, -0.05) is 0 Å². The molecule has 0 aliphatic carbocycles. The number of amides is 2. The fraction of sp³-hybridized carbons (Fsp3) is 0.312. The topological polar surface area (TPSA) is 97.5 Å². The van der Waals surface area contributed by atoms with E-state index < -0.39 is 0 Å². The highest BCUT2D eigenvalue weighted by atomic mass is 35.5. The number of ether oxygens (including phenoxy) is 1. The highest BCUT2D eigenvalue weighted by molar-refractivity contribution is 7.09. The summed E-state index contributed by atoms with van der Waals surface area (Å²) in [5.41, 5.74) is 6.78. The molecule has 0 fully saturated rings. The van der Waals surface area contributed by atoms with Crippen LogP contribution in [0.4, 0.5) is 5.69 Å². The largest absolute Gasteiger partial charge is 0.492 e. The zero-order valence-electron chi connectivity index (χ0n) is 14.2. The highest BCUT2D eigenvalue weighted by Gasteiger charge is 2.16. The van der Waals surface area contributed by atoms with Gasteiger partial charge in [0.2, 0.25) is 0 Å². The van der Waals surface area contributed by atoms with Crippen molar-refractivity contribution in [3.8, 4) is 5.75 Å². The first-order valence-corrected chi connectivity index (χ1v) is 8.28. The molecule has 1 heterocycles. The maximum Gasteiger partial charge on any atom is 0.275 e. The van der Waals surface area contributed by atoms with Gasteiger partial charge in [0.05, 0.1) is 12.3 Å². The van der Waals surface area contributed by atoms with E-state index in [0.29, 0.717) is 40.9 Å². The Balaban J connectivity index is 0.00000312. The first-order valence-electron chi connectivity index (χ1n) is 7.40. The monoisotopic (exact) mass is 384 g/mol. The van der Waals surface area contributed by atoms with E-state index in [1.54, 1.807) is 37.7 Å². The molecule has 136 valence electrons. The summed E-state index contributed by atoms with van der Waals surface area (Å²) in [6, 6.07) is 4.91. The lowest BCUT2D eigenvalue weighted by atomic mass is 10.1. The Labute approximate surface area is 156 Å². The summed E-state index contributed by atoms with van der Waals surface area (Å²) >= 11 is 1.33. The standard InChI is InChI=1S/C16H20N4O3S.ClH/c1-4-23-13-7-10(16(22)20(2)3)5-6-11(13)19-15(21)12-9-24-14(8-17)18-12;/h5-7,9H,4,8,17H2,1-3H3,(H,19,21);1H. The van der Waals surface area contributed by atoms with Crippen LogP contribution >= 0.6 is 23.7 Å². The third kappa shape index (κ3) is 5.15. The van der Waals surface area contributed by atoms with Crippen LogP contribution in [0.25, 0.3) is 0 Å². The number of nitrogens with zero attached hydrogens (tertiary/aromatic N) is 2. The molecule has 2 rings (SSSR count). The normalized spacial score (nSPS) is 9.92. The van der Waals surface area contributed by atoms with Gasteiger partial charge in [0.1, 0.15) is 16.5 Å². The van der Waals surface area contributed by atoms with Crippen molar-refractivity contribution >= 4 is 41.2 Å². The molecule has 0 spiro atoms. The van der Waals surface area contributed by atoms with E-state index in [1.807, 2.05) is 6.92 Å². The summed E-state index contributed by atoms with van der Waals surface area (Å²) in [6.07, 6.45) is 0. The van der Waals surface area contributed by atoms with E-state index in [4.69, 9.17) is 10.5 Å². The Kier molecular flexibility index (Phi) is 7.82. The molecule has 2 aromatic rings. The van der Waals surface area contributed by atoms with Crippen LogP contribution in [-0.2, 0) is 6.54 Å². The summed E-state index contributed by atoms with van der Waals surface area (Å²) in [5, 5.41) is 5.11. The average molecular weight is 385 g/mol. The number of nitrogens with one attached hydrogen (secondary N) is 1. The number of halogens is 1. The zero-order valence-corrected chi connectivity index (χ0v) is 15.9. The molecule has 2 amide bonds. The predicted octanol–water partition coefficient (Wildman–Crippen LogP) is 2.38.